The van der Waals surface area contributed by atoms with Gasteiger partial charge in [-0.3, -0.25) is 0 Å². The summed E-state index contributed by atoms with van der Waals surface area (Å²) >= 11 is 0. The van der Waals surface area contributed by atoms with E-state index in [4.69, 9.17) is 9.47 Å². The predicted molar refractivity (Wildman–Crippen MR) is 44.3 cm³/mol. The summed E-state index contributed by atoms with van der Waals surface area (Å²) in [5.41, 5.74) is 0.00579. The molecule has 1 rings (SSSR count). The molecule has 1 saturated heterocycles. The Bertz CT molecular complexity index is 140. The molecule has 0 saturated carbocycles. The lowest BCUT2D eigenvalue weighted by atomic mass is 10.1. The first-order valence-electron chi connectivity index (χ1n) is 4.04. The third kappa shape index (κ3) is 2.64. The van der Waals surface area contributed by atoms with Crippen LogP contribution in [0.1, 0.15) is 26.7 Å². The molecule has 0 N–H and O–H groups in total. The van der Waals surface area contributed by atoms with Crippen molar-refractivity contribution in [2.24, 2.45) is 0 Å². The number of hydrogen-bond acceptors (Lipinski definition) is 2. The number of rotatable bonds is 3. The van der Waals surface area contributed by atoms with Gasteiger partial charge in [-0.25, -0.2) is 0 Å². The minimum atomic E-state index is -0.0111. The SMILES string of the molecule is C=CCOC1CCC(C)(C)O1. The van der Waals surface area contributed by atoms with Gasteiger partial charge in [0.2, 0.25) is 0 Å². The lowest BCUT2D eigenvalue weighted by Gasteiger charge is -2.18. The van der Waals surface area contributed by atoms with Gasteiger partial charge < -0.3 is 9.47 Å². The fraction of sp³-hybridized carbons (Fsp3) is 0.778. The number of ether oxygens (including phenoxy) is 2. The average Bonchev–Trinajstić information content (AvgIpc) is 2.26. The van der Waals surface area contributed by atoms with Crippen LogP contribution in [0.2, 0.25) is 0 Å². The molecule has 1 heterocycles. The molecule has 2 nitrogen and oxygen atoms in total. The van der Waals surface area contributed by atoms with Crippen molar-refractivity contribution < 1.29 is 9.47 Å². The Balaban J connectivity index is 2.24. The third-order valence-corrected chi connectivity index (χ3v) is 1.83. The molecule has 1 unspecified atom stereocenters. The van der Waals surface area contributed by atoms with Gasteiger partial charge in [0.1, 0.15) is 0 Å². The standard InChI is InChI=1S/C9H16O2/c1-4-7-10-8-5-6-9(2,3)11-8/h4,8H,1,5-7H2,2-3H3. The Morgan fingerprint density at radius 1 is 1.73 bits per heavy atom. The first kappa shape index (κ1) is 8.75. The zero-order valence-electron chi connectivity index (χ0n) is 7.30. The van der Waals surface area contributed by atoms with Crippen LogP contribution in [0.15, 0.2) is 12.7 Å². The van der Waals surface area contributed by atoms with Gasteiger partial charge >= 0.3 is 0 Å². The van der Waals surface area contributed by atoms with Gasteiger partial charge in [-0.2, -0.15) is 0 Å². The van der Waals surface area contributed by atoms with Crippen molar-refractivity contribution in [2.75, 3.05) is 6.61 Å². The largest absolute Gasteiger partial charge is 0.349 e. The first-order chi connectivity index (χ1) is 5.14. The maximum Gasteiger partial charge on any atom is 0.158 e. The number of hydrogen-bond donors (Lipinski definition) is 0. The highest BCUT2D eigenvalue weighted by molar-refractivity contribution is 4.77. The van der Waals surface area contributed by atoms with Crippen LogP contribution in [0.5, 0.6) is 0 Å². The molecule has 0 aromatic rings. The molecule has 0 aromatic carbocycles. The van der Waals surface area contributed by atoms with Crippen LogP contribution in [0.25, 0.3) is 0 Å². The van der Waals surface area contributed by atoms with E-state index in [-0.39, 0.29) is 11.9 Å². The van der Waals surface area contributed by atoms with E-state index < -0.39 is 0 Å². The lowest BCUT2D eigenvalue weighted by molar-refractivity contribution is -0.151. The second-order valence-electron chi connectivity index (χ2n) is 3.47. The lowest BCUT2D eigenvalue weighted by Crippen LogP contribution is -2.21. The van der Waals surface area contributed by atoms with E-state index in [2.05, 4.69) is 20.4 Å². The Morgan fingerprint density at radius 3 is 2.91 bits per heavy atom. The normalized spacial score (nSPS) is 28.7. The maximum absolute atomic E-state index is 5.58. The van der Waals surface area contributed by atoms with Crippen molar-refractivity contribution in [3.05, 3.63) is 12.7 Å². The van der Waals surface area contributed by atoms with Crippen LogP contribution in [0.4, 0.5) is 0 Å². The van der Waals surface area contributed by atoms with Crippen molar-refractivity contribution >= 4 is 0 Å². The van der Waals surface area contributed by atoms with Crippen LogP contribution < -0.4 is 0 Å². The summed E-state index contributed by atoms with van der Waals surface area (Å²) in [5, 5.41) is 0. The summed E-state index contributed by atoms with van der Waals surface area (Å²) < 4.78 is 10.9. The summed E-state index contributed by atoms with van der Waals surface area (Å²) in [6.07, 6.45) is 3.81. The monoisotopic (exact) mass is 156 g/mol. The molecule has 64 valence electrons. The Hall–Kier alpha value is -0.340. The topological polar surface area (TPSA) is 18.5 Å². The van der Waals surface area contributed by atoms with Gasteiger partial charge in [0.15, 0.2) is 6.29 Å². The molecule has 1 fully saturated rings. The second-order valence-corrected chi connectivity index (χ2v) is 3.47. The predicted octanol–water partition coefficient (Wildman–Crippen LogP) is 2.10. The van der Waals surface area contributed by atoms with Crippen molar-refractivity contribution in [3.8, 4) is 0 Å². The molecule has 0 aliphatic carbocycles. The van der Waals surface area contributed by atoms with Crippen molar-refractivity contribution in [2.45, 2.75) is 38.6 Å². The van der Waals surface area contributed by atoms with Gasteiger partial charge in [-0.1, -0.05) is 6.08 Å². The molecule has 11 heavy (non-hydrogen) atoms. The smallest absolute Gasteiger partial charge is 0.158 e. The Morgan fingerprint density at radius 2 is 2.45 bits per heavy atom. The van der Waals surface area contributed by atoms with E-state index in [0.717, 1.165) is 12.8 Å². The van der Waals surface area contributed by atoms with E-state index in [1.807, 2.05) is 0 Å². The fourth-order valence-electron chi connectivity index (χ4n) is 1.23. The molecule has 0 radical (unpaired) electrons. The molecule has 1 aliphatic heterocycles. The van der Waals surface area contributed by atoms with E-state index in [9.17, 15) is 0 Å². The molecule has 0 aromatic heterocycles. The molecule has 0 bridgehead atoms. The summed E-state index contributed by atoms with van der Waals surface area (Å²) in [7, 11) is 0. The second kappa shape index (κ2) is 3.37. The van der Waals surface area contributed by atoms with Crippen molar-refractivity contribution in [1.82, 2.24) is 0 Å². The van der Waals surface area contributed by atoms with Gasteiger partial charge in [0.25, 0.3) is 0 Å². The summed E-state index contributed by atoms with van der Waals surface area (Å²) in [6, 6.07) is 0. The molecule has 0 amide bonds. The minimum Gasteiger partial charge on any atom is -0.349 e. The van der Waals surface area contributed by atoms with Crippen molar-refractivity contribution in [1.29, 1.82) is 0 Å². The molecule has 1 atom stereocenters. The summed E-state index contributed by atoms with van der Waals surface area (Å²) in [6.45, 7) is 8.34. The van der Waals surface area contributed by atoms with Crippen LogP contribution >= 0.6 is 0 Å². The average molecular weight is 156 g/mol. The molecule has 0 spiro atoms. The van der Waals surface area contributed by atoms with Gasteiger partial charge in [0, 0.05) is 6.42 Å². The highest BCUT2D eigenvalue weighted by Crippen LogP contribution is 2.29. The molecular formula is C9H16O2. The van der Waals surface area contributed by atoms with E-state index in [0.29, 0.717) is 6.61 Å². The van der Waals surface area contributed by atoms with Gasteiger partial charge in [-0.05, 0) is 20.3 Å². The van der Waals surface area contributed by atoms with Crippen LogP contribution in [0.3, 0.4) is 0 Å². The third-order valence-electron chi connectivity index (χ3n) is 1.83. The summed E-state index contributed by atoms with van der Waals surface area (Å²) in [5.74, 6) is 0. The minimum absolute atomic E-state index is 0.00579. The first-order valence-corrected chi connectivity index (χ1v) is 4.04. The zero-order chi connectivity index (χ0) is 8.32. The van der Waals surface area contributed by atoms with Gasteiger partial charge in [0.05, 0.1) is 12.2 Å². The Kier molecular flexibility index (Phi) is 2.68. The molecular weight excluding hydrogens is 140 g/mol. The molecule has 2 heteroatoms. The maximum atomic E-state index is 5.58. The van der Waals surface area contributed by atoms with Crippen LogP contribution in [-0.2, 0) is 9.47 Å². The Labute approximate surface area is 68.2 Å². The summed E-state index contributed by atoms with van der Waals surface area (Å²) in [4.78, 5) is 0. The fourth-order valence-corrected chi connectivity index (χ4v) is 1.23. The van der Waals surface area contributed by atoms with E-state index >= 15 is 0 Å². The quantitative estimate of drug-likeness (QED) is 0.582. The highest BCUT2D eigenvalue weighted by Gasteiger charge is 2.31. The molecule has 1 aliphatic rings. The van der Waals surface area contributed by atoms with Crippen molar-refractivity contribution in [3.63, 3.8) is 0 Å². The zero-order valence-corrected chi connectivity index (χ0v) is 7.30. The highest BCUT2D eigenvalue weighted by atomic mass is 16.7. The van der Waals surface area contributed by atoms with E-state index in [1.165, 1.54) is 0 Å². The van der Waals surface area contributed by atoms with Crippen LogP contribution in [0, 0.1) is 0 Å². The van der Waals surface area contributed by atoms with Crippen LogP contribution in [-0.4, -0.2) is 18.5 Å². The van der Waals surface area contributed by atoms with E-state index in [1.54, 1.807) is 6.08 Å². The van der Waals surface area contributed by atoms with Gasteiger partial charge in [-0.15, -0.1) is 6.58 Å².